The zero-order valence-corrected chi connectivity index (χ0v) is 10.2. The van der Waals surface area contributed by atoms with Gasteiger partial charge in [-0.1, -0.05) is 0 Å². The third-order valence-corrected chi connectivity index (χ3v) is 3.63. The van der Waals surface area contributed by atoms with E-state index in [1.807, 2.05) is 12.1 Å². The van der Waals surface area contributed by atoms with Gasteiger partial charge in [0, 0.05) is 6.54 Å². The van der Waals surface area contributed by atoms with Crippen molar-refractivity contribution in [2.45, 2.75) is 6.10 Å². The topological polar surface area (TPSA) is 74.9 Å². The Bertz CT molecular complexity index is 454. The number of nitrogens with two attached hydrogens (primary N) is 1. The van der Waals surface area contributed by atoms with Gasteiger partial charge in [0.1, 0.15) is 11.9 Å². The van der Waals surface area contributed by atoms with Crippen molar-refractivity contribution < 1.29 is 5.11 Å². The first-order chi connectivity index (χ1) is 7.20. The molecule has 0 amide bonds. The minimum Gasteiger partial charge on any atom is -0.384 e. The third kappa shape index (κ3) is 2.28. The van der Waals surface area contributed by atoms with Crippen LogP contribution in [0.1, 0.15) is 11.9 Å². The molecule has 0 spiro atoms. The summed E-state index contributed by atoms with van der Waals surface area (Å²) in [5.41, 5.74) is 6.24. The predicted octanol–water partition coefficient (Wildman–Crippen LogP) is 1.89. The van der Waals surface area contributed by atoms with Gasteiger partial charge in [0.25, 0.3) is 0 Å². The van der Waals surface area contributed by atoms with Gasteiger partial charge in [0.2, 0.25) is 0 Å². The van der Waals surface area contributed by atoms with Crippen LogP contribution in [0.5, 0.6) is 0 Å². The summed E-state index contributed by atoms with van der Waals surface area (Å²) in [6.07, 6.45) is 0.981. The molecule has 0 aromatic carbocycles. The Balaban J connectivity index is 2.27. The normalized spacial score (nSPS) is 13.0. The predicted molar refractivity (Wildman–Crippen MR) is 63.6 cm³/mol. The summed E-state index contributed by atoms with van der Waals surface area (Å²) in [6.45, 7) is 0.168. The lowest BCUT2D eigenvalue weighted by molar-refractivity contribution is 0.177. The number of rotatable bonds is 3. The highest BCUT2D eigenvalue weighted by Crippen LogP contribution is 2.30. The monoisotopic (exact) mass is 287 g/mol. The molecule has 0 aliphatic heterocycles. The highest BCUT2D eigenvalue weighted by molar-refractivity contribution is 9.11. The number of nitrogens with one attached hydrogen (secondary N) is 1. The van der Waals surface area contributed by atoms with Crippen molar-refractivity contribution in [3.05, 3.63) is 27.9 Å². The maximum atomic E-state index is 9.47. The lowest BCUT2D eigenvalue weighted by Crippen LogP contribution is -2.12. The summed E-state index contributed by atoms with van der Waals surface area (Å²) in [5.74, 6) is 0.511. The summed E-state index contributed by atoms with van der Waals surface area (Å²) in [6, 6.07) is 3.96. The molecule has 0 aliphatic carbocycles. The number of aliphatic hydroxyl groups is 1. The number of thiophene rings is 1. The van der Waals surface area contributed by atoms with E-state index in [1.54, 1.807) is 17.5 Å². The molecule has 2 aromatic rings. The number of aromatic amines is 1. The molecule has 2 aromatic heterocycles. The molecule has 0 bridgehead atoms. The van der Waals surface area contributed by atoms with Crippen LogP contribution in [0.2, 0.25) is 0 Å². The quantitative estimate of drug-likeness (QED) is 0.807. The number of H-pyrrole nitrogens is 1. The molecule has 4 nitrogen and oxygen atoms in total. The van der Waals surface area contributed by atoms with Gasteiger partial charge in [-0.2, -0.15) is 0 Å². The second-order valence-electron chi connectivity index (χ2n) is 3.04. The molecule has 80 valence electrons. The highest BCUT2D eigenvalue weighted by atomic mass is 79.9. The van der Waals surface area contributed by atoms with Gasteiger partial charge < -0.3 is 15.8 Å². The van der Waals surface area contributed by atoms with Crippen LogP contribution in [0.3, 0.4) is 0 Å². The fourth-order valence-electron chi connectivity index (χ4n) is 1.20. The van der Waals surface area contributed by atoms with Crippen LogP contribution in [-0.4, -0.2) is 21.6 Å². The van der Waals surface area contributed by atoms with Crippen LogP contribution in [0, 0.1) is 0 Å². The van der Waals surface area contributed by atoms with E-state index in [0.717, 1.165) is 14.4 Å². The summed E-state index contributed by atoms with van der Waals surface area (Å²) in [7, 11) is 0. The molecule has 2 heterocycles. The average Bonchev–Trinajstić information content (AvgIpc) is 2.84. The van der Waals surface area contributed by atoms with E-state index in [1.165, 1.54) is 0 Å². The van der Waals surface area contributed by atoms with E-state index in [-0.39, 0.29) is 6.54 Å². The maximum absolute atomic E-state index is 9.47. The Hall–Kier alpha value is -0.690. The van der Waals surface area contributed by atoms with Gasteiger partial charge in [-0.25, -0.2) is 4.98 Å². The van der Waals surface area contributed by atoms with E-state index in [0.29, 0.717) is 5.82 Å². The van der Waals surface area contributed by atoms with Crippen LogP contribution in [0.15, 0.2) is 22.1 Å². The molecule has 0 saturated carbocycles. The Morgan fingerprint density at radius 3 is 3.00 bits per heavy atom. The first-order valence-corrected chi connectivity index (χ1v) is 6.00. The number of halogens is 1. The molecule has 1 unspecified atom stereocenters. The van der Waals surface area contributed by atoms with Crippen LogP contribution in [0.4, 0.5) is 0 Å². The fraction of sp³-hybridized carbons (Fsp3) is 0.222. The SMILES string of the molecule is NCC(O)c1ncc(-c2ccc(Br)s2)[nH]1. The minimum atomic E-state index is -0.720. The first kappa shape index (κ1) is 10.8. The highest BCUT2D eigenvalue weighted by Gasteiger charge is 2.11. The Kier molecular flexibility index (Phi) is 3.20. The van der Waals surface area contributed by atoms with Gasteiger partial charge in [-0.05, 0) is 28.1 Å². The van der Waals surface area contributed by atoms with Gasteiger partial charge in [0.15, 0.2) is 0 Å². The Labute approximate surface area is 99.3 Å². The number of nitrogens with zero attached hydrogens (tertiary/aromatic N) is 1. The molecule has 1 atom stereocenters. The minimum absolute atomic E-state index is 0.168. The van der Waals surface area contributed by atoms with Crippen molar-refractivity contribution in [2.24, 2.45) is 5.73 Å². The number of hydrogen-bond donors (Lipinski definition) is 3. The third-order valence-electron chi connectivity index (χ3n) is 1.97. The number of hydrogen-bond acceptors (Lipinski definition) is 4. The lowest BCUT2D eigenvalue weighted by atomic mass is 10.3. The van der Waals surface area contributed by atoms with Gasteiger partial charge in [0.05, 0.1) is 20.6 Å². The molecule has 4 N–H and O–H groups in total. The van der Waals surface area contributed by atoms with Crippen LogP contribution >= 0.6 is 27.3 Å². The molecule has 0 radical (unpaired) electrons. The summed E-state index contributed by atoms with van der Waals surface area (Å²) in [4.78, 5) is 8.19. The van der Waals surface area contributed by atoms with Gasteiger partial charge in [-0.3, -0.25) is 0 Å². The van der Waals surface area contributed by atoms with Gasteiger partial charge in [-0.15, -0.1) is 11.3 Å². The van der Waals surface area contributed by atoms with E-state index >= 15 is 0 Å². The maximum Gasteiger partial charge on any atom is 0.136 e. The number of imidazole rings is 1. The standard InChI is InChI=1S/C9H10BrN3OS/c10-8-2-1-7(15-8)5-4-12-9(13-5)6(14)3-11/h1-2,4,6,14H,3,11H2,(H,12,13). The number of aromatic nitrogens is 2. The molecular weight excluding hydrogens is 278 g/mol. The summed E-state index contributed by atoms with van der Waals surface area (Å²) >= 11 is 5.00. The van der Waals surface area contributed by atoms with Crippen molar-refractivity contribution in [3.63, 3.8) is 0 Å². The van der Waals surface area contributed by atoms with E-state index in [2.05, 4.69) is 25.9 Å². The molecule has 0 fully saturated rings. The lowest BCUT2D eigenvalue weighted by Gasteiger charge is -2.01. The first-order valence-electron chi connectivity index (χ1n) is 4.39. The largest absolute Gasteiger partial charge is 0.384 e. The molecule has 15 heavy (non-hydrogen) atoms. The van der Waals surface area contributed by atoms with Crippen molar-refractivity contribution in [1.82, 2.24) is 9.97 Å². The van der Waals surface area contributed by atoms with Crippen LogP contribution < -0.4 is 5.73 Å². The van der Waals surface area contributed by atoms with E-state index in [4.69, 9.17) is 5.73 Å². The number of aliphatic hydroxyl groups excluding tert-OH is 1. The van der Waals surface area contributed by atoms with Crippen LogP contribution in [-0.2, 0) is 0 Å². The summed E-state index contributed by atoms with van der Waals surface area (Å²) in [5, 5.41) is 9.47. The smallest absolute Gasteiger partial charge is 0.136 e. The van der Waals surface area contributed by atoms with Crippen molar-refractivity contribution in [2.75, 3.05) is 6.54 Å². The van der Waals surface area contributed by atoms with E-state index < -0.39 is 6.10 Å². The second kappa shape index (κ2) is 4.44. The van der Waals surface area contributed by atoms with Gasteiger partial charge >= 0.3 is 0 Å². The molecular formula is C9H10BrN3OS. The summed E-state index contributed by atoms with van der Waals surface area (Å²) < 4.78 is 1.06. The van der Waals surface area contributed by atoms with E-state index in [9.17, 15) is 5.11 Å². The van der Waals surface area contributed by atoms with Crippen LogP contribution in [0.25, 0.3) is 10.6 Å². The zero-order valence-electron chi connectivity index (χ0n) is 7.77. The Morgan fingerprint density at radius 1 is 1.60 bits per heavy atom. The van der Waals surface area contributed by atoms with Crippen molar-refractivity contribution in [1.29, 1.82) is 0 Å². The average molecular weight is 288 g/mol. The Morgan fingerprint density at radius 2 is 2.40 bits per heavy atom. The molecule has 0 aliphatic rings. The molecule has 2 rings (SSSR count). The molecule has 6 heteroatoms. The second-order valence-corrected chi connectivity index (χ2v) is 5.50. The van der Waals surface area contributed by atoms with Crippen molar-refractivity contribution in [3.8, 4) is 10.6 Å². The molecule has 0 saturated heterocycles. The fourth-order valence-corrected chi connectivity index (χ4v) is 2.55. The van der Waals surface area contributed by atoms with Crippen molar-refractivity contribution >= 4 is 27.3 Å². The zero-order chi connectivity index (χ0) is 10.8.